The third-order valence-corrected chi connectivity index (χ3v) is 3.66. The van der Waals surface area contributed by atoms with Gasteiger partial charge in [0.1, 0.15) is 0 Å². The van der Waals surface area contributed by atoms with E-state index in [4.69, 9.17) is 0 Å². The van der Waals surface area contributed by atoms with E-state index >= 15 is 0 Å². The van der Waals surface area contributed by atoms with E-state index < -0.39 is 0 Å². The Labute approximate surface area is 109 Å². The van der Waals surface area contributed by atoms with Crippen LogP contribution in [0, 0.1) is 12.8 Å². The maximum Gasteiger partial charge on any atom is 0.0648 e. The first-order valence-corrected chi connectivity index (χ1v) is 6.41. The van der Waals surface area contributed by atoms with Gasteiger partial charge >= 0.3 is 0 Å². The van der Waals surface area contributed by atoms with E-state index in [0.29, 0.717) is 5.92 Å². The molecule has 96 valence electrons. The molecule has 0 bridgehead atoms. The lowest BCUT2D eigenvalue weighted by Gasteiger charge is -2.09. The van der Waals surface area contributed by atoms with Gasteiger partial charge in [-0.15, -0.1) is 0 Å². The Morgan fingerprint density at radius 3 is 2.56 bits per heavy atom. The maximum absolute atomic E-state index is 9.44. The molecular weight excluding hydrogens is 222 g/mol. The van der Waals surface area contributed by atoms with Crippen molar-refractivity contribution in [2.24, 2.45) is 13.0 Å². The van der Waals surface area contributed by atoms with E-state index in [2.05, 4.69) is 62.7 Å². The van der Waals surface area contributed by atoms with Crippen LogP contribution in [0.5, 0.6) is 0 Å². The summed E-state index contributed by atoms with van der Waals surface area (Å²) in [6.07, 6.45) is 2.12. The Hall–Kier alpha value is -1.54. The predicted molar refractivity (Wildman–Crippen MR) is 77.6 cm³/mol. The molecule has 1 aromatic carbocycles. The Balaban J connectivity index is 2.65. The fraction of sp³-hybridized carbons (Fsp3) is 0.375. The van der Waals surface area contributed by atoms with Crippen LogP contribution in [0.4, 0.5) is 0 Å². The van der Waals surface area contributed by atoms with Crippen molar-refractivity contribution in [1.29, 1.82) is 0 Å². The van der Waals surface area contributed by atoms with E-state index in [0.717, 1.165) is 5.57 Å². The summed E-state index contributed by atoms with van der Waals surface area (Å²) in [7, 11) is 2.08. The number of aliphatic hydroxyl groups is 1. The van der Waals surface area contributed by atoms with Crippen molar-refractivity contribution in [1.82, 2.24) is 4.57 Å². The number of aromatic nitrogens is 1. The van der Waals surface area contributed by atoms with Gasteiger partial charge in [-0.05, 0) is 36.1 Å². The van der Waals surface area contributed by atoms with Crippen LogP contribution in [0.15, 0.2) is 29.8 Å². The summed E-state index contributed by atoms with van der Waals surface area (Å²) in [5.74, 6) is 0.368. The SMILES string of the molecule is Cc1c(/C=C(\CO)C(C)C)n(C)c2ccccc12. The minimum absolute atomic E-state index is 0.124. The minimum Gasteiger partial charge on any atom is -0.392 e. The van der Waals surface area contributed by atoms with Crippen LogP contribution in [0.2, 0.25) is 0 Å². The number of nitrogens with zero attached hydrogens (tertiary/aromatic N) is 1. The van der Waals surface area contributed by atoms with Crippen molar-refractivity contribution in [2.45, 2.75) is 20.8 Å². The fourth-order valence-corrected chi connectivity index (χ4v) is 2.38. The molecule has 1 N–H and O–H groups in total. The Morgan fingerprint density at radius 1 is 1.33 bits per heavy atom. The number of aliphatic hydroxyl groups excluding tert-OH is 1. The second-order valence-corrected chi connectivity index (χ2v) is 5.12. The van der Waals surface area contributed by atoms with Gasteiger partial charge in [0.25, 0.3) is 0 Å². The van der Waals surface area contributed by atoms with Crippen LogP contribution < -0.4 is 0 Å². The summed E-state index contributed by atoms with van der Waals surface area (Å²) < 4.78 is 2.20. The van der Waals surface area contributed by atoms with Crippen molar-refractivity contribution < 1.29 is 5.11 Å². The molecule has 0 aliphatic carbocycles. The van der Waals surface area contributed by atoms with Crippen LogP contribution in [-0.4, -0.2) is 16.3 Å². The highest BCUT2D eigenvalue weighted by molar-refractivity contribution is 5.88. The molecule has 0 radical (unpaired) electrons. The van der Waals surface area contributed by atoms with Gasteiger partial charge in [-0.3, -0.25) is 0 Å². The van der Waals surface area contributed by atoms with Crippen molar-refractivity contribution in [3.8, 4) is 0 Å². The molecule has 2 heteroatoms. The highest BCUT2D eigenvalue weighted by atomic mass is 16.3. The minimum atomic E-state index is 0.124. The van der Waals surface area contributed by atoms with Gasteiger partial charge in [-0.2, -0.15) is 0 Å². The Morgan fingerprint density at radius 2 is 2.00 bits per heavy atom. The van der Waals surface area contributed by atoms with Gasteiger partial charge in [0, 0.05) is 23.6 Å². The molecule has 0 spiro atoms. The average molecular weight is 243 g/mol. The second kappa shape index (κ2) is 4.99. The van der Waals surface area contributed by atoms with E-state index in [1.165, 1.54) is 22.2 Å². The van der Waals surface area contributed by atoms with Gasteiger partial charge in [0.15, 0.2) is 0 Å². The number of hydrogen-bond acceptors (Lipinski definition) is 1. The molecule has 0 unspecified atom stereocenters. The number of hydrogen-bond donors (Lipinski definition) is 1. The van der Waals surface area contributed by atoms with Crippen LogP contribution in [0.1, 0.15) is 25.1 Å². The normalized spacial score (nSPS) is 12.7. The van der Waals surface area contributed by atoms with E-state index in [1.807, 2.05) is 0 Å². The molecule has 1 aromatic heterocycles. The van der Waals surface area contributed by atoms with Crippen molar-refractivity contribution in [3.05, 3.63) is 41.1 Å². The third-order valence-electron chi connectivity index (χ3n) is 3.66. The molecule has 1 heterocycles. The molecule has 0 aliphatic rings. The van der Waals surface area contributed by atoms with Crippen molar-refractivity contribution in [3.63, 3.8) is 0 Å². The van der Waals surface area contributed by atoms with Crippen molar-refractivity contribution in [2.75, 3.05) is 6.61 Å². The first kappa shape index (κ1) is 12.9. The molecule has 0 fully saturated rings. The summed E-state index contributed by atoms with van der Waals surface area (Å²) in [6.45, 7) is 6.49. The fourth-order valence-electron chi connectivity index (χ4n) is 2.38. The van der Waals surface area contributed by atoms with Gasteiger partial charge in [0.2, 0.25) is 0 Å². The first-order valence-electron chi connectivity index (χ1n) is 6.41. The average Bonchev–Trinajstić information content (AvgIpc) is 2.60. The molecule has 0 saturated carbocycles. The standard InChI is InChI=1S/C16H21NO/c1-11(2)13(10-18)9-16-12(3)14-7-5-6-8-15(14)17(16)4/h5-9,11,18H,10H2,1-4H3/b13-9+. The lowest BCUT2D eigenvalue weighted by Crippen LogP contribution is -2.01. The Kier molecular flexibility index (Phi) is 3.58. The number of aryl methyl sites for hydroxylation is 2. The quantitative estimate of drug-likeness (QED) is 0.876. The highest BCUT2D eigenvalue weighted by Crippen LogP contribution is 2.27. The number of fused-ring (bicyclic) bond motifs is 1. The number of benzene rings is 1. The van der Waals surface area contributed by atoms with E-state index in [-0.39, 0.29) is 6.61 Å². The lowest BCUT2D eigenvalue weighted by molar-refractivity contribution is 0.320. The topological polar surface area (TPSA) is 25.2 Å². The highest BCUT2D eigenvalue weighted by Gasteiger charge is 2.11. The van der Waals surface area contributed by atoms with Gasteiger partial charge < -0.3 is 9.67 Å². The zero-order valence-electron chi connectivity index (χ0n) is 11.6. The lowest BCUT2D eigenvalue weighted by atomic mass is 10.0. The first-order chi connectivity index (χ1) is 8.56. The largest absolute Gasteiger partial charge is 0.392 e. The molecule has 0 aliphatic heterocycles. The van der Waals surface area contributed by atoms with E-state index in [1.54, 1.807) is 0 Å². The smallest absolute Gasteiger partial charge is 0.0648 e. The summed E-state index contributed by atoms with van der Waals surface area (Å²) in [4.78, 5) is 0. The summed E-state index contributed by atoms with van der Waals surface area (Å²) in [5.41, 5.74) is 4.78. The second-order valence-electron chi connectivity index (χ2n) is 5.12. The predicted octanol–water partition coefficient (Wildman–Crippen LogP) is 3.52. The summed E-state index contributed by atoms with van der Waals surface area (Å²) in [6, 6.07) is 8.41. The van der Waals surface area contributed by atoms with Gasteiger partial charge in [0.05, 0.1) is 6.61 Å². The van der Waals surface area contributed by atoms with Crippen molar-refractivity contribution >= 4 is 17.0 Å². The molecule has 0 amide bonds. The molecule has 2 aromatic rings. The maximum atomic E-state index is 9.44. The molecule has 0 saturated heterocycles. The zero-order chi connectivity index (χ0) is 13.3. The number of rotatable bonds is 3. The molecular formula is C16H21NO. The summed E-state index contributed by atoms with van der Waals surface area (Å²) >= 11 is 0. The third kappa shape index (κ3) is 2.08. The molecule has 18 heavy (non-hydrogen) atoms. The number of para-hydroxylation sites is 1. The zero-order valence-corrected chi connectivity index (χ0v) is 11.6. The summed E-state index contributed by atoms with van der Waals surface area (Å²) in [5, 5.41) is 10.7. The van der Waals surface area contributed by atoms with Crippen LogP contribution >= 0.6 is 0 Å². The molecule has 2 rings (SSSR count). The molecule has 0 atom stereocenters. The monoisotopic (exact) mass is 243 g/mol. The van der Waals surface area contributed by atoms with Gasteiger partial charge in [-0.1, -0.05) is 32.0 Å². The molecule has 2 nitrogen and oxygen atoms in total. The van der Waals surface area contributed by atoms with Crippen LogP contribution in [0.3, 0.4) is 0 Å². The van der Waals surface area contributed by atoms with Crippen LogP contribution in [-0.2, 0) is 7.05 Å². The van der Waals surface area contributed by atoms with Gasteiger partial charge in [-0.25, -0.2) is 0 Å². The van der Waals surface area contributed by atoms with Crippen LogP contribution in [0.25, 0.3) is 17.0 Å². The van der Waals surface area contributed by atoms with E-state index in [9.17, 15) is 5.11 Å². The Bertz CT molecular complexity index is 551.